The minimum absolute atomic E-state index is 0.186. The van der Waals surface area contributed by atoms with Crippen LogP contribution in [0.25, 0.3) is 0 Å². The number of benzene rings is 2. The number of anilines is 3. The topological polar surface area (TPSA) is 61.4 Å². The molecule has 2 aromatic rings. The zero-order chi connectivity index (χ0) is 17.0. The average Bonchev–Trinajstić information content (AvgIpc) is 2.52. The number of carbonyl (C=O) groups is 2. The quantitative estimate of drug-likeness (QED) is 0.830. The minimum Gasteiger partial charge on any atom is -0.378 e. The summed E-state index contributed by atoms with van der Waals surface area (Å²) in [4.78, 5) is 25.8. The van der Waals surface area contributed by atoms with Crippen molar-refractivity contribution in [1.29, 1.82) is 0 Å². The highest BCUT2D eigenvalue weighted by atomic mass is 35.5. The summed E-state index contributed by atoms with van der Waals surface area (Å²) in [6.07, 6.45) is 0. The van der Waals surface area contributed by atoms with Gasteiger partial charge in [-0.2, -0.15) is 0 Å². The number of rotatable bonds is 3. The molecule has 0 atom stereocenters. The van der Waals surface area contributed by atoms with Crippen molar-refractivity contribution in [2.24, 2.45) is 0 Å². The first kappa shape index (κ1) is 17.1. The van der Waals surface area contributed by atoms with Gasteiger partial charge in [-0.3, -0.25) is 9.59 Å². The molecule has 0 radical (unpaired) electrons. The van der Waals surface area contributed by atoms with Gasteiger partial charge in [0.1, 0.15) is 0 Å². The van der Waals surface area contributed by atoms with Crippen LogP contribution in [-0.2, 0) is 9.59 Å². The van der Waals surface area contributed by atoms with Crippen LogP contribution >= 0.6 is 23.2 Å². The maximum Gasteiger partial charge on any atom is 0.314 e. The second-order valence-electron chi connectivity index (χ2n) is 4.95. The molecule has 2 aromatic carbocycles. The molecule has 0 saturated carbocycles. The van der Waals surface area contributed by atoms with Crippen molar-refractivity contribution < 1.29 is 9.59 Å². The predicted octanol–water partition coefficient (Wildman–Crippen LogP) is 3.64. The van der Waals surface area contributed by atoms with Gasteiger partial charge in [0, 0.05) is 25.5 Å². The Kier molecular flexibility index (Phi) is 5.47. The zero-order valence-corrected chi connectivity index (χ0v) is 14.1. The van der Waals surface area contributed by atoms with Gasteiger partial charge in [-0.05, 0) is 36.4 Å². The molecule has 2 amide bonds. The molecule has 0 saturated heterocycles. The van der Waals surface area contributed by atoms with Gasteiger partial charge in [0.25, 0.3) is 0 Å². The van der Waals surface area contributed by atoms with Crippen LogP contribution in [0.5, 0.6) is 0 Å². The maximum absolute atomic E-state index is 11.9. The molecule has 0 spiro atoms. The first-order valence-electron chi connectivity index (χ1n) is 6.72. The summed E-state index contributed by atoms with van der Waals surface area (Å²) < 4.78 is 0. The highest BCUT2D eigenvalue weighted by Gasteiger charge is 2.16. The molecule has 0 unspecified atom stereocenters. The van der Waals surface area contributed by atoms with Crippen molar-refractivity contribution >= 4 is 52.1 Å². The molecule has 0 aliphatic rings. The SMILES string of the molecule is CN(C)c1ccc(NC(=O)C(=O)Nc2cccc(Cl)c2Cl)cc1. The predicted molar refractivity (Wildman–Crippen MR) is 94.5 cm³/mol. The molecule has 2 rings (SSSR count). The Morgan fingerprint density at radius 1 is 0.913 bits per heavy atom. The van der Waals surface area contributed by atoms with Crippen molar-refractivity contribution in [3.8, 4) is 0 Å². The summed E-state index contributed by atoms with van der Waals surface area (Å²) in [5, 5.41) is 5.42. The summed E-state index contributed by atoms with van der Waals surface area (Å²) in [6, 6.07) is 11.9. The highest BCUT2D eigenvalue weighted by molar-refractivity contribution is 6.47. The third kappa shape index (κ3) is 4.37. The molecule has 0 fully saturated rings. The van der Waals surface area contributed by atoms with Crippen LogP contribution in [-0.4, -0.2) is 25.9 Å². The van der Waals surface area contributed by atoms with E-state index >= 15 is 0 Å². The van der Waals surface area contributed by atoms with Crippen LogP contribution in [0.4, 0.5) is 17.1 Å². The van der Waals surface area contributed by atoms with Crippen molar-refractivity contribution in [3.05, 3.63) is 52.5 Å². The van der Waals surface area contributed by atoms with Crippen LogP contribution in [0, 0.1) is 0 Å². The first-order valence-corrected chi connectivity index (χ1v) is 7.48. The van der Waals surface area contributed by atoms with Crippen LogP contribution in [0.2, 0.25) is 10.0 Å². The normalized spacial score (nSPS) is 10.1. The third-order valence-corrected chi connectivity index (χ3v) is 3.87. The fourth-order valence-electron chi connectivity index (χ4n) is 1.81. The van der Waals surface area contributed by atoms with Crippen LogP contribution in [0.1, 0.15) is 0 Å². The summed E-state index contributed by atoms with van der Waals surface area (Å²) in [7, 11) is 3.82. The highest BCUT2D eigenvalue weighted by Crippen LogP contribution is 2.29. The number of amides is 2. The molecule has 0 aliphatic heterocycles. The maximum atomic E-state index is 11.9. The van der Waals surface area contributed by atoms with E-state index in [1.807, 2.05) is 31.1 Å². The van der Waals surface area contributed by atoms with Crippen LogP contribution < -0.4 is 15.5 Å². The summed E-state index contributed by atoms with van der Waals surface area (Å²) in [6.45, 7) is 0. The molecule has 23 heavy (non-hydrogen) atoms. The molecular formula is C16H15Cl2N3O2. The van der Waals surface area contributed by atoms with Gasteiger partial charge >= 0.3 is 11.8 Å². The fourth-order valence-corrected chi connectivity index (χ4v) is 2.16. The van der Waals surface area contributed by atoms with Gasteiger partial charge < -0.3 is 15.5 Å². The third-order valence-electron chi connectivity index (χ3n) is 3.05. The second-order valence-corrected chi connectivity index (χ2v) is 5.74. The number of halogens is 2. The van der Waals surface area contributed by atoms with Gasteiger partial charge in [-0.1, -0.05) is 29.3 Å². The van der Waals surface area contributed by atoms with Crippen LogP contribution in [0.3, 0.4) is 0 Å². The Labute approximate surface area is 144 Å². The Morgan fingerprint density at radius 2 is 1.52 bits per heavy atom. The van der Waals surface area contributed by atoms with E-state index in [-0.39, 0.29) is 10.7 Å². The molecule has 0 bridgehead atoms. The van der Waals surface area contributed by atoms with E-state index in [9.17, 15) is 9.59 Å². The number of nitrogens with one attached hydrogen (secondary N) is 2. The van der Waals surface area contributed by atoms with E-state index in [0.717, 1.165) is 5.69 Å². The molecule has 120 valence electrons. The standard InChI is InChI=1S/C16H15Cl2N3O2/c1-21(2)11-8-6-10(7-9-11)19-15(22)16(23)20-13-5-3-4-12(17)14(13)18/h3-9H,1-2H3,(H,19,22)(H,20,23). The molecule has 0 aromatic heterocycles. The summed E-state index contributed by atoms with van der Waals surface area (Å²) >= 11 is 11.8. The molecule has 5 nitrogen and oxygen atoms in total. The van der Waals surface area contributed by atoms with Crippen molar-refractivity contribution in [3.63, 3.8) is 0 Å². The van der Waals surface area contributed by atoms with E-state index in [1.54, 1.807) is 30.3 Å². The Hall–Kier alpha value is -2.24. The van der Waals surface area contributed by atoms with Crippen molar-refractivity contribution in [1.82, 2.24) is 0 Å². The van der Waals surface area contributed by atoms with Crippen LogP contribution in [0.15, 0.2) is 42.5 Å². The van der Waals surface area contributed by atoms with E-state index in [1.165, 1.54) is 0 Å². The Morgan fingerprint density at radius 3 is 2.13 bits per heavy atom. The largest absolute Gasteiger partial charge is 0.378 e. The summed E-state index contributed by atoms with van der Waals surface area (Å²) in [5.74, 6) is -1.62. The van der Waals surface area contributed by atoms with E-state index < -0.39 is 11.8 Å². The molecule has 2 N–H and O–H groups in total. The van der Waals surface area contributed by atoms with Gasteiger partial charge in [0.05, 0.1) is 15.7 Å². The Balaban J connectivity index is 2.02. The molecular weight excluding hydrogens is 337 g/mol. The Bertz CT molecular complexity index is 731. The average molecular weight is 352 g/mol. The molecule has 7 heteroatoms. The number of nitrogens with zero attached hydrogens (tertiary/aromatic N) is 1. The smallest absolute Gasteiger partial charge is 0.314 e. The lowest BCUT2D eigenvalue weighted by Crippen LogP contribution is -2.29. The number of hydrogen-bond donors (Lipinski definition) is 2. The van der Waals surface area contributed by atoms with Gasteiger partial charge in [-0.25, -0.2) is 0 Å². The second kappa shape index (κ2) is 7.35. The number of carbonyl (C=O) groups excluding carboxylic acids is 2. The van der Waals surface area contributed by atoms with Crippen molar-refractivity contribution in [2.75, 3.05) is 29.6 Å². The van der Waals surface area contributed by atoms with E-state index in [2.05, 4.69) is 10.6 Å². The minimum atomic E-state index is -0.828. The number of hydrogen-bond acceptors (Lipinski definition) is 3. The van der Waals surface area contributed by atoms with E-state index in [4.69, 9.17) is 23.2 Å². The lowest BCUT2D eigenvalue weighted by Gasteiger charge is -2.13. The summed E-state index contributed by atoms with van der Waals surface area (Å²) in [5.41, 5.74) is 1.79. The molecule has 0 aliphatic carbocycles. The zero-order valence-electron chi connectivity index (χ0n) is 12.6. The lowest BCUT2D eigenvalue weighted by atomic mass is 10.2. The fraction of sp³-hybridized carbons (Fsp3) is 0.125. The van der Waals surface area contributed by atoms with Gasteiger partial charge in [0.15, 0.2) is 0 Å². The lowest BCUT2D eigenvalue weighted by molar-refractivity contribution is -0.132. The first-order chi connectivity index (χ1) is 10.9. The molecule has 0 heterocycles. The van der Waals surface area contributed by atoms with E-state index in [0.29, 0.717) is 10.7 Å². The van der Waals surface area contributed by atoms with Gasteiger partial charge in [-0.15, -0.1) is 0 Å². The van der Waals surface area contributed by atoms with Crippen molar-refractivity contribution in [2.45, 2.75) is 0 Å². The van der Waals surface area contributed by atoms with Gasteiger partial charge in [0.2, 0.25) is 0 Å². The monoisotopic (exact) mass is 351 g/mol.